The fourth-order valence-electron chi connectivity index (χ4n) is 2.03. The van der Waals surface area contributed by atoms with Crippen molar-refractivity contribution in [2.75, 3.05) is 18.1 Å². The summed E-state index contributed by atoms with van der Waals surface area (Å²) >= 11 is 1.39. The summed E-state index contributed by atoms with van der Waals surface area (Å²) in [4.78, 5) is 22.8. The topological polar surface area (TPSA) is 55.3 Å². The van der Waals surface area contributed by atoms with Crippen molar-refractivity contribution in [1.82, 2.24) is 9.97 Å². The summed E-state index contributed by atoms with van der Waals surface area (Å²) in [5.41, 5.74) is 1.67. The van der Waals surface area contributed by atoms with Gasteiger partial charge in [0.1, 0.15) is 12.3 Å². The molecule has 0 N–H and O–H groups in total. The van der Waals surface area contributed by atoms with Crippen LogP contribution in [0.2, 0.25) is 0 Å². The van der Waals surface area contributed by atoms with Crippen LogP contribution in [-0.4, -0.2) is 29.0 Å². The SMILES string of the molecule is CC(C)c1csc(C(=O)N2CCOc3ncccc32)n1. The molecule has 3 heterocycles. The molecule has 2 aromatic heterocycles. The Morgan fingerprint density at radius 3 is 3.10 bits per heavy atom. The van der Waals surface area contributed by atoms with Gasteiger partial charge in [0.05, 0.1) is 12.2 Å². The van der Waals surface area contributed by atoms with E-state index in [4.69, 9.17) is 4.74 Å². The van der Waals surface area contributed by atoms with Gasteiger partial charge in [-0.1, -0.05) is 13.8 Å². The van der Waals surface area contributed by atoms with Gasteiger partial charge >= 0.3 is 0 Å². The van der Waals surface area contributed by atoms with Gasteiger partial charge < -0.3 is 4.74 Å². The summed E-state index contributed by atoms with van der Waals surface area (Å²) in [6, 6.07) is 3.64. The number of ether oxygens (including phenoxy) is 1. The quantitative estimate of drug-likeness (QED) is 0.853. The highest BCUT2D eigenvalue weighted by Crippen LogP contribution is 2.30. The van der Waals surface area contributed by atoms with Crippen LogP contribution in [0.4, 0.5) is 5.69 Å². The number of hydrogen-bond donors (Lipinski definition) is 0. The van der Waals surface area contributed by atoms with Gasteiger partial charge in [-0.2, -0.15) is 0 Å². The molecule has 20 heavy (non-hydrogen) atoms. The summed E-state index contributed by atoms with van der Waals surface area (Å²) < 4.78 is 5.46. The number of carbonyl (C=O) groups excluding carboxylic acids is 1. The van der Waals surface area contributed by atoms with Crippen molar-refractivity contribution in [1.29, 1.82) is 0 Å². The van der Waals surface area contributed by atoms with E-state index in [1.165, 1.54) is 11.3 Å². The number of amides is 1. The zero-order valence-corrected chi connectivity index (χ0v) is 12.2. The van der Waals surface area contributed by atoms with E-state index in [-0.39, 0.29) is 5.91 Å². The number of aromatic nitrogens is 2. The van der Waals surface area contributed by atoms with E-state index in [1.54, 1.807) is 17.2 Å². The molecule has 1 aliphatic rings. The van der Waals surface area contributed by atoms with Gasteiger partial charge in [-0.25, -0.2) is 9.97 Å². The van der Waals surface area contributed by atoms with Gasteiger partial charge in [0.25, 0.3) is 5.91 Å². The zero-order valence-electron chi connectivity index (χ0n) is 11.4. The molecule has 0 fully saturated rings. The molecule has 3 rings (SSSR count). The van der Waals surface area contributed by atoms with E-state index in [0.29, 0.717) is 35.6 Å². The van der Waals surface area contributed by atoms with Crippen molar-refractivity contribution in [3.05, 3.63) is 34.4 Å². The standard InChI is InChI=1S/C14H15N3O2S/c1-9(2)10-8-20-13(16-10)14(18)17-6-7-19-12-11(17)4-3-5-15-12/h3-5,8-9H,6-7H2,1-2H3. The highest BCUT2D eigenvalue weighted by Gasteiger charge is 2.27. The molecule has 2 aromatic rings. The molecule has 0 spiro atoms. The molecule has 0 saturated heterocycles. The maximum absolute atomic E-state index is 12.6. The van der Waals surface area contributed by atoms with Crippen LogP contribution in [0, 0.1) is 0 Å². The number of fused-ring (bicyclic) bond motifs is 1. The lowest BCUT2D eigenvalue weighted by Gasteiger charge is -2.27. The lowest BCUT2D eigenvalue weighted by molar-refractivity contribution is 0.0975. The number of hydrogen-bond acceptors (Lipinski definition) is 5. The summed E-state index contributed by atoms with van der Waals surface area (Å²) in [6.07, 6.45) is 1.66. The molecular formula is C14H15N3O2S. The fourth-order valence-corrected chi connectivity index (χ4v) is 2.96. The number of nitrogens with zero attached hydrogens (tertiary/aromatic N) is 3. The van der Waals surface area contributed by atoms with Crippen LogP contribution in [0.5, 0.6) is 5.88 Å². The van der Waals surface area contributed by atoms with Crippen molar-refractivity contribution >= 4 is 22.9 Å². The third-order valence-electron chi connectivity index (χ3n) is 3.14. The molecule has 0 unspecified atom stereocenters. The number of carbonyl (C=O) groups is 1. The summed E-state index contributed by atoms with van der Waals surface area (Å²) in [7, 11) is 0. The zero-order chi connectivity index (χ0) is 14.1. The second-order valence-corrected chi connectivity index (χ2v) is 5.72. The van der Waals surface area contributed by atoms with Crippen molar-refractivity contribution in [3.8, 4) is 5.88 Å². The highest BCUT2D eigenvalue weighted by atomic mass is 32.1. The Morgan fingerprint density at radius 2 is 2.35 bits per heavy atom. The van der Waals surface area contributed by atoms with Crippen molar-refractivity contribution in [3.63, 3.8) is 0 Å². The normalized spacial score (nSPS) is 14.1. The Bertz CT molecular complexity index is 639. The molecule has 0 aliphatic carbocycles. The fraction of sp³-hybridized carbons (Fsp3) is 0.357. The predicted molar refractivity (Wildman–Crippen MR) is 77.6 cm³/mol. The number of anilines is 1. The molecule has 0 saturated carbocycles. The molecule has 104 valence electrons. The second-order valence-electron chi connectivity index (χ2n) is 4.87. The maximum Gasteiger partial charge on any atom is 0.287 e. The minimum Gasteiger partial charge on any atom is -0.474 e. The molecule has 1 aliphatic heterocycles. The van der Waals surface area contributed by atoms with Crippen LogP contribution < -0.4 is 9.64 Å². The molecule has 1 amide bonds. The van der Waals surface area contributed by atoms with Gasteiger partial charge in [-0.05, 0) is 18.1 Å². The Hall–Kier alpha value is -1.95. The van der Waals surface area contributed by atoms with Crippen LogP contribution >= 0.6 is 11.3 Å². The van der Waals surface area contributed by atoms with Crippen LogP contribution in [0.15, 0.2) is 23.7 Å². The summed E-state index contributed by atoms with van der Waals surface area (Å²) in [5.74, 6) is 0.749. The summed E-state index contributed by atoms with van der Waals surface area (Å²) in [6.45, 7) is 5.11. The monoisotopic (exact) mass is 289 g/mol. The Morgan fingerprint density at radius 1 is 1.50 bits per heavy atom. The molecule has 0 atom stereocenters. The molecule has 0 aromatic carbocycles. The average molecular weight is 289 g/mol. The van der Waals surface area contributed by atoms with Crippen LogP contribution in [0.3, 0.4) is 0 Å². The first-order valence-electron chi connectivity index (χ1n) is 6.52. The van der Waals surface area contributed by atoms with Gasteiger partial charge in [0, 0.05) is 11.6 Å². The van der Waals surface area contributed by atoms with Gasteiger partial charge in [0.2, 0.25) is 5.88 Å². The smallest absolute Gasteiger partial charge is 0.287 e. The summed E-state index contributed by atoms with van der Waals surface area (Å²) in [5, 5.41) is 2.47. The number of thiazole rings is 1. The van der Waals surface area contributed by atoms with Gasteiger partial charge in [0.15, 0.2) is 5.01 Å². The van der Waals surface area contributed by atoms with Crippen LogP contribution in [0.25, 0.3) is 0 Å². The van der Waals surface area contributed by atoms with E-state index < -0.39 is 0 Å². The molecule has 6 heteroatoms. The van der Waals surface area contributed by atoms with E-state index in [0.717, 1.165) is 5.69 Å². The molecule has 0 radical (unpaired) electrons. The Labute approximate surface area is 121 Å². The van der Waals surface area contributed by atoms with E-state index in [1.807, 2.05) is 11.4 Å². The molecular weight excluding hydrogens is 274 g/mol. The van der Waals surface area contributed by atoms with Gasteiger partial charge in [-0.3, -0.25) is 9.69 Å². The van der Waals surface area contributed by atoms with Crippen LogP contribution in [0.1, 0.15) is 35.3 Å². The predicted octanol–water partition coefficient (Wildman–Crippen LogP) is 2.70. The molecule has 5 nitrogen and oxygen atoms in total. The van der Waals surface area contributed by atoms with E-state index in [9.17, 15) is 4.79 Å². The van der Waals surface area contributed by atoms with Gasteiger partial charge in [-0.15, -0.1) is 11.3 Å². The first kappa shape index (κ1) is 13.1. The number of pyridine rings is 1. The van der Waals surface area contributed by atoms with Crippen molar-refractivity contribution < 1.29 is 9.53 Å². The van der Waals surface area contributed by atoms with Crippen molar-refractivity contribution in [2.45, 2.75) is 19.8 Å². The minimum atomic E-state index is -0.0838. The highest BCUT2D eigenvalue weighted by molar-refractivity contribution is 7.11. The van der Waals surface area contributed by atoms with E-state index >= 15 is 0 Å². The maximum atomic E-state index is 12.6. The minimum absolute atomic E-state index is 0.0838. The third kappa shape index (κ3) is 2.27. The lowest BCUT2D eigenvalue weighted by atomic mass is 10.2. The number of rotatable bonds is 2. The first-order chi connectivity index (χ1) is 9.66. The van der Waals surface area contributed by atoms with E-state index in [2.05, 4.69) is 23.8 Å². The Kier molecular flexibility index (Phi) is 3.40. The lowest BCUT2D eigenvalue weighted by Crippen LogP contribution is -2.38. The van der Waals surface area contributed by atoms with Crippen LogP contribution in [-0.2, 0) is 0 Å². The first-order valence-corrected chi connectivity index (χ1v) is 7.40. The Balaban J connectivity index is 1.91. The van der Waals surface area contributed by atoms with Crippen molar-refractivity contribution in [2.24, 2.45) is 0 Å². The average Bonchev–Trinajstić information content (AvgIpc) is 2.96. The second kappa shape index (κ2) is 5.20. The molecule has 0 bridgehead atoms. The largest absolute Gasteiger partial charge is 0.474 e. The third-order valence-corrected chi connectivity index (χ3v) is 3.99.